The molecule has 30 heavy (non-hydrogen) atoms. The second-order valence-electron chi connectivity index (χ2n) is 6.40. The summed E-state index contributed by atoms with van der Waals surface area (Å²) in [5, 5.41) is 7.58. The molecule has 0 aliphatic rings. The van der Waals surface area contributed by atoms with Crippen molar-refractivity contribution in [3.8, 4) is 5.82 Å². The molecule has 0 bridgehead atoms. The summed E-state index contributed by atoms with van der Waals surface area (Å²) in [4.78, 5) is 41.1. The highest BCUT2D eigenvalue weighted by Gasteiger charge is 2.28. The number of ketones is 1. The molecule has 150 valence electrons. The van der Waals surface area contributed by atoms with E-state index < -0.39 is 23.6 Å². The van der Waals surface area contributed by atoms with Crippen molar-refractivity contribution in [2.24, 2.45) is 5.73 Å². The molecule has 2 amide bonds. The zero-order valence-corrected chi connectivity index (χ0v) is 16.4. The number of primary amides is 1. The van der Waals surface area contributed by atoms with Crippen LogP contribution in [-0.4, -0.2) is 42.8 Å². The van der Waals surface area contributed by atoms with Gasteiger partial charge < -0.3 is 11.1 Å². The molecule has 0 aliphatic carbocycles. The molecule has 1 unspecified atom stereocenters. The number of carbonyl (C=O) groups is 3. The van der Waals surface area contributed by atoms with Crippen molar-refractivity contribution in [2.75, 3.05) is 0 Å². The number of pyridine rings is 1. The summed E-state index contributed by atoms with van der Waals surface area (Å²) in [6.07, 6.45) is 3.06. The first-order chi connectivity index (χ1) is 14.5. The molecule has 3 aromatic heterocycles. The molecule has 0 saturated carbocycles. The van der Waals surface area contributed by atoms with Crippen molar-refractivity contribution in [3.05, 3.63) is 72.3 Å². The third-order valence-corrected chi connectivity index (χ3v) is 5.32. The van der Waals surface area contributed by atoms with E-state index in [1.54, 1.807) is 24.4 Å². The zero-order valence-electron chi connectivity index (χ0n) is 15.6. The Morgan fingerprint density at radius 3 is 2.63 bits per heavy atom. The fourth-order valence-corrected chi connectivity index (χ4v) is 3.83. The van der Waals surface area contributed by atoms with Gasteiger partial charge in [-0.15, -0.1) is 0 Å². The Morgan fingerprint density at radius 2 is 1.87 bits per heavy atom. The number of Topliss-reactive ketones (excluding diaryl/α,β-unsaturated/α-hetero) is 1. The van der Waals surface area contributed by atoms with Crippen molar-refractivity contribution in [3.63, 3.8) is 0 Å². The largest absolute Gasteiger partial charge is 0.363 e. The molecule has 3 heterocycles. The second kappa shape index (κ2) is 8.21. The van der Waals surface area contributed by atoms with Gasteiger partial charge in [0.25, 0.3) is 11.8 Å². The highest BCUT2D eigenvalue weighted by atomic mass is 32.1. The standard InChI is InChI=1S/C20H16N6O3S/c21-19(28)18(27)14(11-13-12-5-1-2-6-16(12)30-25-13)24-20(29)15-8-10-23-26(15)17-7-3-4-9-22-17/h1-10,14H,11H2,(H2,21,28)(H,24,29). The van der Waals surface area contributed by atoms with Crippen LogP contribution in [0, 0.1) is 0 Å². The number of nitrogens with one attached hydrogen (secondary N) is 1. The van der Waals surface area contributed by atoms with Crippen molar-refractivity contribution in [1.29, 1.82) is 0 Å². The van der Waals surface area contributed by atoms with E-state index in [2.05, 4.69) is 19.8 Å². The van der Waals surface area contributed by atoms with Gasteiger partial charge in [-0.2, -0.15) is 9.47 Å². The van der Waals surface area contributed by atoms with E-state index in [1.165, 1.54) is 28.5 Å². The Labute approximate surface area is 174 Å². The summed E-state index contributed by atoms with van der Waals surface area (Å²) in [5.74, 6) is -2.17. The first-order valence-corrected chi connectivity index (χ1v) is 9.75. The number of benzene rings is 1. The van der Waals surface area contributed by atoms with Crippen molar-refractivity contribution >= 4 is 39.2 Å². The van der Waals surface area contributed by atoms with Crippen LogP contribution in [0.4, 0.5) is 0 Å². The number of nitrogens with zero attached hydrogens (tertiary/aromatic N) is 4. The average Bonchev–Trinajstić information content (AvgIpc) is 3.41. The first-order valence-electron chi connectivity index (χ1n) is 8.98. The highest BCUT2D eigenvalue weighted by Crippen LogP contribution is 2.23. The molecule has 0 aliphatic heterocycles. The molecule has 9 nitrogen and oxygen atoms in total. The lowest BCUT2D eigenvalue weighted by Gasteiger charge is -2.16. The number of aromatic nitrogens is 4. The first kappa shape index (κ1) is 19.4. The summed E-state index contributed by atoms with van der Waals surface area (Å²) >= 11 is 1.28. The second-order valence-corrected chi connectivity index (χ2v) is 7.21. The van der Waals surface area contributed by atoms with Gasteiger partial charge in [-0.1, -0.05) is 24.3 Å². The molecule has 4 aromatic rings. The Balaban J connectivity index is 1.62. The number of amides is 2. The molecule has 1 aromatic carbocycles. The van der Waals surface area contributed by atoms with Crippen molar-refractivity contribution < 1.29 is 14.4 Å². The van der Waals surface area contributed by atoms with E-state index in [9.17, 15) is 14.4 Å². The summed E-state index contributed by atoms with van der Waals surface area (Å²) < 4.78 is 6.66. The molecule has 4 rings (SSSR count). The number of hydrogen-bond acceptors (Lipinski definition) is 7. The third-order valence-electron chi connectivity index (χ3n) is 4.46. The van der Waals surface area contributed by atoms with Crippen LogP contribution in [-0.2, 0) is 16.0 Å². The van der Waals surface area contributed by atoms with Gasteiger partial charge in [-0.05, 0) is 35.8 Å². The highest BCUT2D eigenvalue weighted by molar-refractivity contribution is 7.13. The van der Waals surface area contributed by atoms with Crippen molar-refractivity contribution in [1.82, 2.24) is 24.5 Å². The summed E-state index contributed by atoms with van der Waals surface area (Å²) in [6, 6.07) is 13.1. The fourth-order valence-electron chi connectivity index (χ4n) is 3.03. The molecule has 0 saturated heterocycles. The average molecular weight is 420 g/mol. The fraction of sp³-hybridized carbons (Fsp3) is 0.100. The topological polar surface area (TPSA) is 133 Å². The van der Waals surface area contributed by atoms with Gasteiger partial charge in [0.1, 0.15) is 11.7 Å². The van der Waals surface area contributed by atoms with E-state index in [1.807, 2.05) is 24.3 Å². The number of nitrogens with two attached hydrogens (primary N) is 1. The van der Waals surface area contributed by atoms with Gasteiger partial charge in [0.15, 0.2) is 5.82 Å². The van der Waals surface area contributed by atoms with Gasteiger partial charge in [0.2, 0.25) is 5.78 Å². The lowest BCUT2D eigenvalue weighted by Crippen LogP contribution is -2.47. The molecule has 3 N–H and O–H groups in total. The summed E-state index contributed by atoms with van der Waals surface area (Å²) in [7, 11) is 0. The lowest BCUT2D eigenvalue weighted by molar-refractivity contribution is -0.137. The van der Waals surface area contributed by atoms with E-state index >= 15 is 0 Å². The van der Waals surface area contributed by atoms with Gasteiger partial charge in [-0.25, -0.2) is 9.67 Å². The minimum absolute atomic E-state index is 0.0370. The predicted octanol–water partition coefficient (Wildman–Crippen LogP) is 1.27. The maximum absolute atomic E-state index is 12.9. The van der Waals surface area contributed by atoms with E-state index in [4.69, 9.17) is 5.73 Å². The maximum atomic E-state index is 12.9. The van der Waals surface area contributed by atoms with Crippen LogP contribution in [0.5, 0.6) is 0 Å². The van der Waals surface area contributed by atoms with Crippen LogP contribution in [0.1, 0.15) is 16.2 Å². The zero-order chi connectivity index (χ0) is 21.1. The number of carbonyl (C=O) groups excluding carboxylic acids is 3. The number of fused-ring (bicyclic) bond motifs is 1. The van der Waals surface area contributed by atoms with E-state index in [0.717, 1.165) is 10.1 Å². The maximum Gasteiger partial charge on any atom is 0.287 e. The molecule has 0 spiro atoms. The third kappa shape index (κ3) is 3.80. The van der Waals surface area contributed by atoms with Crippen LogP contribution < -0.4 is 11.1 Å². The molecular formula is C20H16N6O3S. The summed E-state index contributed by atoms with van der Waals surface area (Å²) in [6.45, 7) is 0. The van der Waals surface area contributed by atoms with Crippen LogP contribution in [0.25, 0.3) is 15.9 Å². The van der Waals surface area contributed by atoms with Crippen LogP contribution in [0.3, 0.4) is 0 Å². The van der Waals surface area contributed by atoms with Gasteiger partial charge in [-0.3, -0.25) is 14.4 Å². The van der Waals surface area contributed by atoms with Crippen molar-refractivity contribution in [2.45, 2.75) is 12.5 Å². The quantitative estimate of drug-likeness (QED) is 0.433. The molecule has 0 radical (unpaired) electrons. The van der Waals surface area contributed by atoms with Gasteiger partial charge >= 0.3 is 0 Å². The van der Waals surface area contributed by atoms with Gasteiger partial charge in [0, 0.05) is 18.0 Å². The molecule has 0 fully saturated rings. The smallest absolute Gasteiger partial charge is 0.287 e. The van der Waals surface area contributed by atoms with E-state index in [-0.39, 0.29) is 12.1 Å². The van der Waals surface area contributed by atoms with Gasteiger partial charge in [0.05, 0.1) is 16.6 Å². The predicted molar refractivity (Wildman–Crippen MR) is 110 cm³/mol. The van der Waals surface area contributed by atoms with Crippen LogP contribution in [0.2, 0.25) is 0 Å². The SMILES string of the molecule is NC(=O)C(=O)C(Cc1nsc2ccccc12)NC(=O)c1ccnn1-c1ccccn1. The Hall–Kier alpha value is -3.92. The molecule has 10 heteroatoms. The van der Waals surface area contributed by atoms with Crippen LogP contribution >= 0.6 is 11.5 Å². The Kier molecular flexibility index (Phi) is 5.31. The Morgan fingerprint density at radius 1 is 1.07 bits per heavy atom. The number of hydrogen-bond donors (Lipinski definition) is 2. The normalized spacial score (nSPS) is 11.9. The van der Waals surface area contributed by atoms with E-state index in [0.29, 0.717) is 11.5 Å². The molecule has 1 atom stereocenters. The van der Waals surface area contributed by atoms with Crippen LogP contribution in [0.15, 0.2) is 60.9 Å². The monoisotopic (exact) mass is 420 g/mol. The number of rotatable bonds is 7. The molecular weight excluding hydrogens is 404 g/mol. The minimum atomic E-state index is -1.16. The Bertz CT molecular complexity index is 1230. The summed E-state index contributed by atoms with van der Waals surface area (Å²) in [5.41, 5.74) is 5.98. The minimum Gasteiger partial charge on any atom is -0.363 e. The lowest BCUT2D eigenvalue weighted by atomic mass is 10.0.